The molecule has 28 heavy (non-hydrogen) atoms. The molecular weight excluding hydrogens is 425 g/mol. The molecule has 2 aromatic rings. The molecule has 0 aliphatic carbocycles. The first kappa shape index (κ1) is 21.7. The van der Waals surface area contributed by atoms with Crippen LogP contribution in [0.1, 0.15) is 15.9 Å². The van der Waals surface area contributed by atoms with Crippen LogP contribution in [0.25, 0.3) is 0 Å². The number of rotatable bonds is 5. The molecule has 0 aliphatic heterocycles. The van der Waals surface area contributed by atoms with E-state index >= 15 is 0 Å². The van der Waals surface area contributed by atoms with E-state index in [1.807, 2.05) is 0 Å². The molecular formula is C16H12ClF3N2O5S. The third kappa shape index (κ3) is 5.68. The Morgan fingerprint density at radius 3 is 2.43 bits per heavy atom. The molecule has 12 heteroatoms. The van der Waals surface area contributed by atoms with E-state index in [0.29, 0.717) is 0 Å². The third-order valence-electron chi connectivity index (χ3n) is 3.28. The Labute approximate surface area is 162 Å². The molecule has 7 nitrogen and oxygen atoms in total. The first-order valence-corrected chi connectivity index (χ1v) is 9.27. The summed E-state index contributed by atoms with van der Waals surface area (Å²) in [4.78, 5) is 23.2. The van der Waals surface area contributed by atoms with Gasteiger partial charge in [-0.1, -0.05) is 17.7 Å². The van der Waals surface area contributed by atoms with Crippen molar-refractivity contribution in [1.29, 1.82) is 0 Å². The summed E-state index contributed by atoms with van der Waals surface area (Å²) in [5.41, 5.74) is -1.34. The zero-order valence-corrected chi connectivity index (χ0v) is 15.4. The number of primary sulfonamides is 1. The zero-order chi connectivity index (χ0) is 21.1. The Kier molecular flexibility index (Phi) is 6.32. The van der Waals surface area contributed by atoms with Crippen molar-refractivity contribution in [1.82, 2.24) is 0 Å². The van der Waals surface area contributed by atoms with Gasteiger partial charge in [0.05, 0.1) is 16.1 Å². The summed E-state index contributed by atoms with van der Waals surface area (Å²) >= 11 is 5.69. The number of nitrogens with two attached hydrogens (primary N) is 1. The number of anilines is 1. The van der Waals surface area contributed by atoms with E-state index in [1.54, 1.807) is 0 Å². The van der Waals surface area contributed by atoms with Gasteiger partial charge in [0, 0.05) is 5.69 Å². The lowest BCUT2D eigenvalue weighted by atomic mass is 10.2. The maximum absolute atomic E-state index is 12.6. The lowest BCUT2D eigenvalue weighted by Crippen LogP contribution is -2.21. The number of benzene rings is 2. The van der Waals surface area contributed by atoms with E-state index in [1.165, 1.54) is 6.07 Å². The van der Waals surface area contributed by atoms with Crippen LogP contribution in [0.2, 0.25) is 5.02 Å². The van der Waals surface area contributed by atoms with Gasteiger partial charge in [-0.25, -0.2) is 18.4 Å². The minimum Gasteiger partial charge on any atom is -0.452 e. The largest absolute Gasteiger partial charge is 0.452 e. The van der Waals surface area contributed by atoms with E-state index in [2.05, 4.69) is 5.32 Å². The molecule has 0 bridgehead atoms. The molecule has 3 N–H and O–H groups in total. The van der Waals surface area contributed by atoms with Crippen molar-refractivity contribution in [2.24, 2.45) is 5.14 Å². The Morgan fingerprint density at radius 1 is 1.14 bits per heavy atom. The highest BCUT2D eigenvalue weighted by molar-refractivity contribution is 7.89. The van der Waals surface area contributed by atoms with Crippen molar-refractivity contribution < 1.29 is 35.9 Å². The third-order valence-corrected chi connectivity index (χ3v) is 4.67. The average molecular weight is 437 g/mol. The van der Waals surface area contributed by atoms with Crippen molar-refractivity contribution >= 4 is 39.2 Å². The van der Waals surface area contributed by atoms with Gasteiger partial charge in [0.25, 0.3) is 5.91 Å². The van der Waals surface area contributed by atoms with Gasteiger partial charge in [-0.2, -0.15) is 13.2 Å². The number of amides is 1. The Balaban J connectivity index is 2.03. The minimum atomic E-state index is -4.58. The van der Waals surface area contributed by atoms with Gasteiger partial charge in [0.2, 0.25) is 10.0 Å². The predicted octanol–water partition coefficient (Wildman–Crippen LogP) is 2.80. The molecule has 0 aliphatic rings. The van der Waals surface area contributed by atoms with E-state index in [-0.39, 0.29) is 16.3 Å². The molecule has 0 aromatic heterocycles. The molecule has 0 saturated heterocycles. The smallest absolute Gasteiger partial charge is 0.416 e. The maximum atomic E-state index is 12.6. The van der Waals surface area contributed by atoms with Crippen LogP contribution < -0.4 is 10.5 Å². The van der Waals surface area contributed by atoms with E-state index in [4.69, 9.17) is 21.5 Å². The predicted molar refractivity (Wildman–Crippen MR) is 93.2 cm³/mol. The molecule has 150 valence electrons. The number of hydrogen-bond donors (Lipinski definition) is 2. The number of alkyl halides is 3. The average Bonchev–Trinajstić information content (AvgIpc) is 2.58. The number of ether oxygens (including phenoxy) is 1. The number of esters is 1. The van der Waals surface area contributed by atoms with E-state index in [9.17, 15) is 31.2 Å². The molecule has 2 aromatic carbocycles. The molecule has 2 rings (SSSR count). The summed E-state index contributed by atoms with van der Waals surface area (Å²) < 4.78 is 65.4. The van der Waals surface area contributed by atoms with Gasteiger partial charge in [0.1, 0.15) is 4.90 Å². The van der Waals surface area contributed by atoms with Crippen molar-refractivity contribution in [2.45, 2.75) is 11.1 Å². The van der Waals surface area contributed by atoms with Crippen LogP contribution in [0.4, 0.5) is 18.9 Å². The lowest BCUT2D eigenvalue weighted by molar-refractivity contribution is -0.137. The molecule has 1 amide bonds. The van der Waals surface area contributed by atoms with Gasteiger partial charge in [-0.3, -0.25) is 4.79 Å². The first-order valence-electron chi connectivity index (χ1n) is 7.34. The van der Waals surface area contributed by atoms with Crippen molar-refractivity contribution in [3.8, 4) is 0 Å². The summed E-state index contributed by atoms with van der Waals surface area (Å²) in [6.07, 6.45) is -4.58. The van der Waals surface area contributed by atoms with Crippen LogP contribution >= 0.6 is 11.6 Å². The topological polar surface area (TPSA) is 116 Å². The maximum Gasteiger partial charge on any atom is 0.416 e. The van der Waals surface area contributed by atoms with Crippen molar-refractivity contribution in [2.75, 3.05) is 11.9 Å². The van der Waals surface area contributed by atoms with Crippen LogP contribution in [0.3, 0.4) is 0 Å². The minimum absolute atomic E-state index is 0.140. The monoisotopic (exact) mass is 436 g/mol. The second-order valence-corrected chi connectivity index (χ2v) is 7.33. The fourth-order valence-electron chi connectivity index (χ4n) is 2.03. The van der Waals surface area contributed by atoms with Gasteiger partial charge < -0.3 is 10.1 Å². The molecule has 0 heterocycles. The fraction of sp³-hybridized carbons (Fsp3) is 0.125. The van der Waals surface area contributed by atoms with Gasteiger partial charge >= 0.3 is 12.1 Å². The Bertz CT molecular complexity index is 1030. The summed E-state index contributed by atoms with van der Waals surface area (Å²) in [7, 11) is -4.19. The van der Waals surface area contributed by atoms with Crippen LogP contribution in [-0.2, 0) is 25.7 Å². The standard InChI is InChI=1S/C16H12ClF3N2O5S/c17-12-5-4-9(6-13(12)28(21,25)26)15(24)27-8-14(23)22-11-3-1-2-10(7-11)16(18,19)20/h1-7H,8H2,(H,22,23)(H2,21,25,26). The SMILES string of the molecule is NS(=O)(=O)c1cc(C(=O)OCC(=O)Nc2cccc(C(F)(F)F)c2)ccc1Cl. The number of sulfonamides is 1. The van der Waals surface area contributed by atoms with Crippen LogP contribution in [0.15, 0.2) is 47.4 Å². The van der Waals surface area contributed by atoms with Gasteiger partial charge in [0.15, 0.2) is 6.61 Å². The summed E-state index contributed by atoms with van der Waals surface area (Å²) in [6, 6.07) is 7.03. The number of carbonyl (C=O) groups excluding carboxylic acids is 2. The Morgan fingerprint density at radius 2 is 1.82 bits per heavy atom. The number of halogens is 4. The van der Waals surface area contributed by atoms with Crippen LogP contribution in [0, 0.1) is 0 Å². The highest BCUT2D eigenvalue weighted by Crippen LogP contribution is 2.30. The Hall–Kier alpha value is -2.63. The first-order chi connectivity index (χ1) is 12.9. The summed E-state index contributed by atoms with van der Waals surface area (Å²) in [5.74, 6) is -1.95. The number of nitrogens with one attached hydrogen (secondary N) is 1. The number of hydrogen-bond acceptors (Lipinski definition) is 5. The van der Waals surface area contributed by atoms with E-state index < -0.39 is 45.1 Å². The molecule has 0 fully saturated rings. The highest BCUT2D eigenvalue weighted by Gasteiger charge is 2.30. The zero-order valence-electron chi connectivity index (χ0n) is 13.8. The van der Waals surface area contributed by atoms with Gasteiger partial charge in [-0.15, -0.1) is 0 Å². The summed E-state index contributed by atoms with van der Waals surface area (Å²) in [5, 5.41) is 6.91. The molecule has 0 unspecified atom stereocenters. The lowest BCUT2D eigenvalue weighted by Gasteiger charge is -2.10. The fourth-order valence-corrected chi connectivity index (χ4v) is 3.10. The quantitative estimate of drug-likeness (QED) is 0.699. The number of carbonyl (C=O) groups is 2. The van der Waals surface area contributed by atoms with Crippen LogP contribution in [-0.4, -0.2) is 26.9 Å². The van der Waals surface area contributed by atoms with E-state index in [0.717, 1.165) is 36.4 Å². The second kappa shape index (κ2) is 8.17. The van der Waals surface area contributed by atoms with Crippen LogP contribution in [0.5, 0.6) is 0 Å². The second-order valence-electron chi connectivity index (χ2n) is 5.39. The van der Waals surface area contributed by atoms with Crippen molar-refractivity contribution in [3.05, 3.63) is 58.6 Å². The van der Waals surface area contributed by atoms with Crippen molar-refractivity contribution in [3.63, 3.8) is 0 Å². The van der Waals surface area contributed by atoms with Gasteiger partial charge in [-0.05, 0) is 36.4 Å². The normalized spacial score (nSPS) is 11.8. The molecule has 0 saturated carbocycles. The molecule has 0 atom stereocenters. The molecule has 0 spiro atoms. The summed E-state index contributed by atoms with van der Waals surface area (Å²) in [6.45, 7) is -0.817. The molecule has 0 radical (unpaired) electrons. The highest BCUT2D eigenvalue weighted by atomic mass is 35.5.